The first-order valence-electron chi connectivity index (χ1n) is 8.17. The Morgan fingerprint density at radius 3 is 2.00 bits per heavy atom. The van der Waals surface area contributed by atoms with Crippen molar-refractivity contribution in [2.24, 2.45) is 0 Å². The second-order valence-corrected chi connectivity index (χ2v) is 8.56. The molecule has 2 rings (SSSR count). The van der Waals surface area contributed by atoms with Crippen molar-refractivity contribution in [3.8, 4) is 0 Å². The topological polar surface area (TPSA) is 0 Å². The van der Waals surface area contributed by atoms with Gasteiger partial charge >= 0.3 is 140 Å². The number of hydrogen-bond donors (Lipinski definition) is 0. The van der Waals surface area contributed by atoms with Gasteiger partial charge in [0.2, 0.25) is 0 Å². The molecule has 0 spiro atoms. The van der Waals surface area contributed by atoms with Gasteiger partial charge in [-0.2, -0.15) is 0 Å². The Morgan fingerprint density at radius 2 is 1.29 bits per heavy atom. The number of halogens is 1. The third-order valence-electron chi connectivity index (χ3n) is 3.68. The van der Waals surface area contributed by atoms with Gasteiger partial charge in [0.05, 0.1) is 0 Å². The van der Waals surface area contributed by atoms with E-state index in [0.29, 0.717) is 0 Å². The van der Waals surface area contributed by atoms with E-state index >= 15 is 0 Å². The van der Waals surface area contributed by atoms with Crippen molar-refractivity contribution in [2.75, 3.05) is 0 Å². The van der Waals surface area contributed by atoms with Crippen molar-refractivity contribution in [1.29, 1.82) is 0 Å². The average Bonchev–Trinajstić information content (AvgIpc) is 2.53. The Labute approximate surface area is 140 Å². The van der Waals surface area contributed by atoms with Crippen LogP contribution in [0.15, 0.2) is 54.6 Å². The fraction of sp³-hybridized carbons (Fsp3) is 0.400. The molecule has 0 saturated carbocycles. The molecule has 2 aromatic rings. The van der Waals surface area contributed by atoms with Gasteiger partial charge in [0.15, 0.2) is 0 Å². The summed E-state index contributed by atoms with van der Waals surface area (Å²) in [7, 11) is 0. The minimum atomic E-state index is -0.00814. The first kappa shape index (κ1) is 16.5. The fourth-order valence-electron chi connectivity index (χ4n) is 2.43. The van der Waals surface area contributed by atoms with Crippen LogP contribution in [0.3, 0.4) is 0 Å². The van der Waals surface area contributed by atoms with E-state index < -0.39 is 0 Å². The summed E-state index contributed by atoms with van der Waals surface area (Å²) in [5, 5.41) is 0. The zero-order chi connectivity index (χ0) is 14.8. The number of aryl methyl sites for hydroxylation is 1. The van der Waals surface area contributed by atoms with E-state index in [1.54, 1.807) is 0 Å². The van der Waals surface area contributed by atoms with Crippen molar-refractivity contribution < 1.29 is 21.2 Å². The summed E-state index contributed by atoms with van der Waals surface area (Å²) in [5.74, 6) is 0. The van der Waals surface area contributed by atoms with Crippen molar-refractivity contribution >= 4 is 0 Å². The first-order chi connectivity index (χ1) is 10.4. The summed E-state index contributed by atoms with van der Waals surface area (Å²) in [6.45, 7) is 2.28. The molecule has 0 saturated heterocycles. The molecule has 0 fully saturated rings. The molecule has 0 heterocycles. The molecule has 1 heteroatoms. The predicted molar refractivity (Wildman–Crippen MR) is 87.4 cm³/mol. The molecule has 0 bridgehead atoms. The van der Waals surface area contributed by atoms with E-state index in [1.807, 2.05) is 0 Å². The number of unbranched alkanes of at least 4 members (excludes halogenated alkanes) is 5. The molecule has 114 valence electrons. The maximum atomic E-state index is 2.34. The molecule has 0 aliphatic heterocycles. The third kappa shape index (κ3) is 6.64. The van der Waals surface area contributed by atoms with Crippen LogP contribution in [0.25, 0.3) is 0 Å². The van der Waals surface area contributed by atoms with Crippen LogP contribution in [-0.2, 0) is 6.42 Å². The monoisotopic (exact) mass is 393 g/mol. The van der Waals surface area contributed by atoms with E-state index in [0.717, 1.165) is 0 Å². The number of rotatable bonds is 9. The molecule has 0 radical (unpaired) electrons. The molecule has 2 aromatic carbocycles. The molecule has 0 N–H and O–H groups in total. The Morgan fingerprint density at radius 1 is 0.667 bits per heavy atom. The predicted octanol–water partition coefficient (Wildman–Crippen LogP) is 2.72. The van der Waals surface area contributed by atoms with Crippen LogP contribution in [0.1, 0.15) is 51.0 Å². The van der Waals surface area contributed by atoms with E-state index in [2.05, 4.69) is 61.5 Å². The standard InChI is InChI=1S/C20H26I/c1-2-3-4-5-6-8-11-18-14-16-20(17-15-18)21-19-12-9-7-10-13-19/h7,9-10,12-17H,2-6,8,11H2,1H3/q-1. The second-order valence-electron chi connectivity index (χ2n) is 5.53. The molecular formula is C20H26I-. The van der Waals surface area contributed by atoms with Gasteiger partial charge in [-0.25, -0.2) is 0 Å². The van der Waals surface area contributed by atoms with E-state index in [1.165, 1.54) is 57.6 Å². The normalized spacial score (nSPS) is 10.9. The van der Waals surface area contributed by atoms with Crippen LogP contribution < -0.4 is 21.2 Å². The number of hydrogen-bond acceptors (Lipinski definition) is 0. The Bertz CT molecular complexity index is 487. The summed E-state index contributed by atoms with van der Waals surface area (Å²) in [6, 6.07) is 20.2. The van der Waals surface area contributed by atoms with Crippen LogP contribution in [0.4, 0.5) is 0 Å². The zero-order valence-electron chi connectivity index (χ0n) is 13.0. The van der Waals surface area contributed by atoms with Crippen LogP contribution in [0, 0.1) is 7.14 Å². The van der Waals surface area contributed by atoms with E-state index in [4.69, 9.17) is 0 Å². The Hall–Kier alpha value is -0.830. The van der Waals surface area contributed by atoms with Gasteiger partial charge in [-0.3, -0.25) is 0 Å². The molecule has 0 atom stereocenters. The van der Waals surface area contributed by atoms with Gasteiger partial charge in [0, 0.05) is 0 Å². The van der Waals surface area contributed by atoms with Gasteiger partial charge in [-0.1, -0.05) is 0 Å². The molecular weight excluding hydrogens is 367 g/mol. The molecule has 0 unspecified atom stereocenters. The Balaban J connectivity index is 1.72. The summed E-state index contributed by atoms with van der Waals surface area (Å²) in [5.41, 5.74) is 1.51. The molecule has 0 aromatic heterocycles. The van der Waals surface area contributed by atoms with E-state index in [9.17, 15) is 0 Å². The van der Waals surface area contributed by atoms with Crippen molar-refractivity contribution in [2.45, 2.75) is 51.9 Å². The van der Waals surface area contributed by atoms with Crippen LogP contribution in [0.5, 0.6) is 0 Å². The van der Waals surface area contributed by atoms with Crippen molar-refractivity contribution in [3.63, 3.8) is 0 Å². The van der Waals surface area contributed by atoms with Gasteiger partial charge in [0.1, 0.15) is 0 Å². The molecule has 0 nitrogen and oxygen atoms in total. The number of benzene rings is 2. The summed E-state index contributed by atoms with van der Waals surface area (Å²) in [4.78, 5) is 0. The van der Waals surface area contributed by atoms with Crippen LogP contribution >= 0.6 is 0 Å². The van der Waals surface area contributed by atoms with Gasteiger partial charge in [-0.05, 0) is 0 Å². The van der Waals surface area contributed by atoms with Crippen molar-refractivity contribution in [1.82, 2.24) is 0 Å². The summed E-state index contributed by atoms with van der Waals surface area (Å²) < 4.78 is 3.02. The molecule has 0 amide bonds. The van der Waals surface area contributed by atoms with E-state index in [-0.39, 0.29) is 21.2 Å². The first-order valence-corrected chi connectivity index (χ1v) is 10.3. The fourth-order valence-corrected chi connectivity index (χ4v) is 4.64. The van der Waals surface area contributed by atoms with Crippen LogP contribution in [-0.4, -0.2) is 0 Å². The summed E-state index contributed by atoms with van der Waals surface area (Å²) in [6.07, 6.45) is 9.54. The minimum absolute atomic E-state index is 0.00814. The average molecular weight is 393 g/mol. The van der Waals surface area contributed by atoms with Gasteiger partial charge in [0.25, 0.3) is 0 Å². The second kappa shape index (κ2) is 9.99. The molecule has 0 aliphatic carbocycles. The SMILES string of the molecule is CCCCCCCCc1ccc([I-]c2ccccc2)cc1. The van der Waals surface area contributed by atoms with Crippen molar-refractivity contribution in [3.05, 3.63) is 67.3 Å². The maximum absolute atomic E-state index is 2.34. The third-order valence-corrected chi connectivity index (χ3v) is 6.37. The quantitative estimate of drug-likeness (QED) is 0.454. The molecule has 21 heavy (non-hydrogen) atoms. The summed E-state index contributed by atoms with van der Waals surface area (Å²) >= 11 is -0.00814. The molecule has 0 aliphatic rings. The Kier molecular flexibility index (Phi) is 7.87. The van der Waals surface area contributed by atoms with Gasteiger partial charge in [-0.15, -0.1) is 0 Å². The zero-order valence-corrected chi connectivity index (χ0v) is 15.2. The van der Waals surface area contributed by atoms with Gasteiger partial charge < -0.3 is 0 Å². The van der Waals surface area contributed by atoms with Crippen LogP contribution in [0.2, 0.25) is 0 Å².